The van der Waals surface area contributed by atoms with Gasteiger partial charge in [0.2, 0.25) is 0 Å². The number of phenolic OH excluding ortho intramolecular Hbond substituents is 1. The van der Waals surface area contributed by atoms with E-state index in [2.05, 4.69) is 42.5 Å². The van der Waals surface area contributed by atoms with Gasteiger partial charge in [0, 0.05) is 16.1 Å². The van der Waals surface area contributed by atoms with Gasteiger partial charge in [0.1, 0.15) is 5.75 Å². The van der Waals surface area contributed by atoms with Gasteiger partial charge in [-0.3, -0.25) is 0 Å². The molecule has 5 aromatic rings. The minimum absolute atomic E-state index is 0.154. The third kappa shape index (κ3) is 3.42. The Kier molecular flexibility index (Phi) is 4.70. The highest BCUT2D eigenvalue weighted by atomic mass is 35.5. The summed E-state index contributed by atoms with van der Waals surface area (Å²) in [6.45, 7) is 0. The monoisotopic (exact) mass is 407 g/mol. The summed E-state index contributed by atoms with van der Waals surface area (Å²) in [5, 5.41) is 13.3. The predicted molar refractivity (Wildman–Crippen MR) is 125 cm³/mol. The van der Waals surface area contributed by atoms with Crippen LogP contribution in [0.1, 0.15) is 0 Å². The number of phenols is 1. The van der Waals surface area contributed by atoms with E-state index < -0.39 is 0 Å². The third-order valence-corrected chi connectivity index (χ3v) is 5.47. The standard InChI is InChI=1S/C27H18ClNO/c28-21-13-14-27(30)24(17-21)26-16-20(18-7-2-1-3-8-18)15-25(29-26)23-12-6-10-19-9-4-5-11-22(19)23/h1-17,30H. The lowest BCUT2D eigenvalue weighted by Crippen LogP contribution is -1.92. The van der Waals surface area contributed by atoms with E-state index in [0.29, 0.717) is 16.3 Å². The molecule has 0 saturated carbocycles. The Morgan fingerprint density at radius 1 is 0.600 bits per heavy atom. The van der Waals surface area contributed by atoms with Crippen molar-refractivity contribution < 1.29 is 5.11 Å². The predicted octanol–water partition coefficient (Wildman–Crippen LogP) is 7.59. The van der Waals surface area contributed by atoms with Crippen molar-refractivity contribution in [2.75, 3.05) is 0 Å². The van der Waals surface area contributed by atoms with E-state index in [1.165, 1.54) is 0 Å². The fraction of sp³-hybridized carbons (Fsp3) is 0. The molecule has 144 valence electrons. The normalized spacial score (nSPS) is 11.0. The highest BCUT2D eigenvalue weighted by Crippen LogP contribution is 2.36. The Morgan fingerprint density at radius 2 is 1.30 bits per heavy atom. The van der Waals surface area contributed by atoms with Crippen molar-refractivity contribution in [3.63, 3.8) is 0 Å². The lowest BCUT2D eigenvalue weighted by atomic mass is 9.97. The van der Waals surface area contributed by atoms with E-state index in [9.17, 15) is 5.11 Å². The number of pyridine rings is 1. The Balaban J connectivity index is 1.80. The SMILES string of the molecule is Oc1ccc(Cl)cc1-c1cc(-c2ccccc2)cc(-c2cccc3ccccc23)n1. The molecule has 1 N–H and O–H groups in total. The summed E-state index contributed by atoms with van der Waals surface area (Å²) in [5.41, 5.74) is 5.31. The van der Waals surface area contributed by atoms with Crippen LogP contribution in [0.5, 0.6) is 5.75 Å². The number of aromatic nitrogens is 1. The van der Waals surface area contributed by atoms with Gasteiger partial charge in [-0.05, 0) is 52.2 Å². The Labute approximate surface area is 180 Å². The number of rotatable bonds is 3. The number of hydrogen-bond acceptors (Lipinski definition) is 2. The second-order valence-corrected chi connectivity index (χ2v) is 7.62. The topological polar surface area (TPSA) is 33.1 Å². The fourth-order valence-corrected chi connectivity index (χ4v) is 3.94. The lowest BCUT2D eigenvalue weighted by molar-refractivity contribution is 0.477. The molecular weight excluding hydrogens is 390 g/mol. The van der Waals surface area contributed by atoms with Gasteiger partial charge < -0.3 is 5.11 Å². The average molecular weight is 408 g/mol. The van der Waals surface area contributed by atoms with Crippen LogP contribution in [0.4, 0.5) is 0 Å². The summed E-state index contributed by atoms with van der Waals surface area (Å²) in [7, 11) is 0. The van der Waals surface area contributed by atoms with E-state index in [0.717, 1.165) is 33.2 Å². The Hall–Kier alpha value is -3.62. The van der Waals surface area contributed by atoms with Crippen LogP contribution in [0.2, 0.25) is 5.02 Å². The van der Waals surface area contributed by atoms with Crippen LogP contribution >= 0.6 is 11.6 Å². The van der Waals surface area contributed by atoms with Crippen LogP contribution < -0.4 is 0 Å². The third-order valence-electron chi connectivity index (χ3n) is 5.23. The lowest BCUT2D eigenvalue weighted by Gasteiger charge is -2.13. The summed E-state index contributed by atoms with van der Waals surface area (Å²) in [6.07, 6.45) is 0. The molecule has 0 radical (unpaired) electrons. The van der Waals surface area contributed by atoms with Crippen molar-refractivity contribution in [3.05, 3.63) is 108 Å². The van der Waals surface area contributed by atoms with E-state index >= 15 is 0 Å². The van der Waals surface area contributed by atoms with Gasteiger partial charge in [0.15, 0.2) is 0 Å². The van der Waals surface area contributed by atoms with Crippen molar-refractivity contribution in [2.45, 2.75) is 0 Å². The summed E-state index contributed by atoms with van der Waals surface area (Å²) in [4.78, 5) is 4.93. The highest BCUT2D eigenvalue weighted by molar-refractivity contribution is 6.31. The Bertz CT molecular complexity index is 1360. The first-order valence-electron chi connectivity index (χ1n) is 9.73. The largest absolute Gasteiger partial charge is 0.507 e. The molecule has 2 nitrogen and oxygen atoms in total. The number of aromatic hydroxyl groups is 1. The number of hydrogen-bond donors (Lipinski definition) is 1. The summed E-state index contributed by atoms with van der Waals surface area (Å²) < 4.78 is 0. The molecule has 30 heavy (non-hydrogen) atoms. The molecule has 0 amide bonds. The molecule has 0 atom stereocenters. The van der Waals surface area contributed by atoms with Crippen molar-refractivity contribution in [2.24, 2.45) is 0 Å². The van der Waals surface area contributed by atoms with E-state index in [-0.39, 0.29) is 5.75 Å². The van der Waals surface area contributed by atoms with Crippen molar-refractivity contribution in [1.29, 1.82) is 0 Å². The van der Waals surface area contributed by atoms with E-state index in [1.807, 2.05) is 42.5 Å². The van der Waals surface area contributed by atoms with Gasteiger partial charge in [0.25, 0.3) is 0 Å². The van der Waals surface area contributed by atoms with Crippen LogP contribution in [0, 0.1) is 0 Å². The molecule has 5 rings (SSSR count). The molecule has 4 aromatic carbocycles. The van der Waals surface area contributed by atoms with Gasteiger partial charge in [-0.15, -0.1) is 0 Å². The number of fused-ring (bicyclic) bond motifs is 1. The first-order chi connectivity index (χ1) is 14.7. The van der Waals surface area contributed by atoms with Crippen LogP contribution in [-0.4, -0.2) is 10.1 Å². The van der Waals surface area contributed by atoms with Crippen LogP contribution in [0.25, 0.3) is 44.4 Å². The molecule has 0 unspecified atom stereocenters. The zero-order valence-corrected chi connectivity index (χ0v) is 16.8. The minimum Gasteiger partial charge on any atom is -0.507 e. The first kappa shape index (κ1) is 18.4. The molecule has 0 fully saturated rings. The van der Waals surface area contributed by atoms with Crippen LogP contribution in [0.3, 0.4) is 0 Å². The van der Waals surface area contributed by atoms with E-state index in [1.54, 1.807) is 18.2 Å². The van der Waals surface area contributed by atoms with Gasteiger partial charge in [-0.1, -0.05) is 84.4 Å². The fourth-order valence-electron chi connectivity index (χ4n) is 3.77. The second-order valence-electron chi connectivity index (χ2n) is 7.18. The number of benzene rings is 4. The van der Waals surface area contributed by atoms with Gasteiger partial charge >= 0.3 is 0 Å². The molecule has 0 aliphatic rings. The van der Waals surface area contributed by atoms with Crippen molar-refractivity contribution >= 4 is 22.4 Å². The average Bonchev–Trinajstić information content (AvgIpc) is 2.80. The molecular formula is C27H18ClNO. The zero-order chi connectivity index (χ0) is 20.5. The molecule has 0 saturated heterocycles. The van der Waals surface area contributed by atoms with E-state index in [4.69, 9.17) is 16.6 Å². The smallest absolute Gasteiger partial charge is 0.125 e. The minimum atomic E-state index is 0.154. The summed E-state index contributed by atoms with van der Waals surface area (Å²) in [6, 6.07) is 33.8. The Morgan fingerprint density at radius 3 is 2.13 bits per heavy atom. The molecule has 3 heteroatoms. The molecule has 0 spiro atoms. The van der Waals surface area contributed by atoms with Crippen LogP contribution in [0.15, 0.2) is 103 Å². The van der Waals surface area contributed by atoms with Gasteiger partial charge in [0.05, 0.1) is 11.4 Å². The molecule has 1 aromatic heterocycles. The second kappa shape index (κ2) is 7.66. The van der Waals surface area contributed by atoms with Crippen LogP contribution in [-0.2, 0) is 0 Å². The number of halogens is 1. The molecule has 1 heterocycles. The maximum Gasteiger partial charge on any atom is 0.125 e. The molecule has 0 aliphatic heterocycles. The van der Waals surface area contributed by atoms with Crippen molar-refractivity contribution in [3.8, 4) is 39.4 Å². The molecule has 0 bridgehead atoms. The number of nitrogens with zero attached hydrogens (tertiary/aromatic N) is 1. The van der Waals surface area contributed by atoms with Crippen molar-refractivity contribution in [1.82, 2.24) is 4.98 Å². The quantitative estimate of drug-likeness (QED) is 0.334. The summed E-state index contributed by atoms with van der Waals surface area (Å²) >= 11 is 6.22. The maximum atomic E-state index is 10.5. The van der Waals surface area contributed by atoms with Gasteiger partial charge in [-0.2, -0.15) is 0 Å². The van der Waals surface area contributed by atoms with Gasteiger partial charge in [-0.25, -0.2) is 4.98 Å². The molecule has 0 aliphatic carbocycles. The maximum absolute atomic E-state index is 10.5. The highest BCUT2D eigenvalue weighted by Gasteiger charge is 2.13. The zero-order valence-electron chi connectivity index (χ0n) is 16.1. The first-order valence-corrected chi connectivity index (χ1v) is 10.1. The summed E-state index contributed by atoms with van der Waals surface area (Å²) in [5.74, 6) is 0.154.